The van der Waals surface area contributed by atoms with Gasteiger partial charge in [0, 0.05) is 17.3 Å². The van der Waals surface area contributed by atoms with Crippen LogP contribution >= 0.6 is 11.6 Å². The molecule has 170 valence electrons. The van der Waals surface area contributed by atoms with E-state index in [9.17, 15) is 18.0 Å². The van der Waals surface area contributed by atoms with Crippen molar-refractivity contribution in [1.82, 2.24) is 0 Å². The third-order valence-electron chi connectivity index (χ3n) is 5.27. The highest BCUT2D eigenvalue weighted by Crippen LogP contribution is 2.32. The van der Waals surface area contributed by atoms with Crippen molar-refractivity contribution < 1.29 is 22.7 Å². The number of carbonyl (C=O) groups is 2. The molecule has 0 radical (unpaired) electrons. The van der Waals surface area contributed by atoms with E-state index in [0.717, 1.165) is 5.56 Å². The van der Waals surface area contributed by atoms with Crippen LogP contribution in [0.4, 0.5) is 11.4 Å². The van der Waals surface area contributed by atoms with Gasteiger partial charge in [-0.2, -0.15) is 0 Å². The van der Waals surface area contributed by atoms with Gasteiger partial charge >= 0.3 is 5.97 Å². The summed E-state index contributed by atoms with van der Waals surface area (Å²) in [5.41, 5.74) is 2.14. The Balaban J connectivity index is 1.47. The minimum atomic E-state index is -3.86. The van der Waals surface area contributed by atoms with Crippen LogP contribution in [0.15, 0.2) is 77.7 Å². The van der Waals surface area contributed by atoms with E-state index < -0.39 is 28.0 Å². The van der Waals surface area contributed by atoms with Crippen LogP contribution in [0, 0.1) is 0 Å². The summed E-state index contributed by atoms with van der Waals surface area (Å²) in [6.45, 7) is 1.77. The fourth-order valence-corrected chi connectivity index (χ4v) is 5.20. The molecule has 0 aromatic heterocycles. The molecule has 0 aliphatic carbocycles. The van der Waals surface area contributed by atoms with E-state index in [-0.39, 0.29) is 10.5 Å². The molecule has 0 bridgehead atoms. The lowest BCUT2D eigenvalue weighted by Crippen LogP contribution is -2.30. The number of sulfonamides is 1. The molecule has 1 amide bonds. The number of amides is 1. The second-order valence-corrected chi connectivity index (χ2v) is 9.83. The minimum absolute atomic E-state index is 0.0214. The van der Waals surface area contributed by atoms with Gasteiger partial charge in [-0.25, -0.2) is 13.2 Å². The van der Waals surface area contributed by atoms with E-state index in [1.165, 1.54) is 35.5 Å². The Morgan fingerprint density at radius 1 is 1.03 bits per heavy atom. The summed E-state index contributed by atoms with van der Waals surface area (Å²) in [5, 5.41) is 3.16. The number of carbonyl (C=O) groups excluding carboxylic acids is 2. The summed E-state index contributed by atoms with van der Waals surface area (Å²) >= 11 is 5.83. The van der Waals surface area contributed by atoms with E-state index in [2.05, 4.69) is 5.32 Å². The molecule has 9 heteroatoms. The van der Waals surface area contributed by atoms with Crippen molar-refractivity contribution in [2.24, 2.45) is 0 Å². The van der Waals surface area contributed by atoms with Gasteiger partial charge in [-0.1, -0.05) is 35.9 Å². The molecule has 3 aromatic carbocycles. The van der Waals surface area contributed by atoms with Gasteiger partial charge in [-0.3, -0.25) is 9.10 Å². The second kappa shape index (κ2) is 9.25. The standard InChI is InChI=1S/C24H21ClN2O5S/c1-16(23(28)26-20-11-9-19(25)10-12-20)32-24(29)18-6-4-7-21(15-18)33(30,31)27-14-13-17-5-2-3-8-22(17)27/h2-12,15-16H,13-14H2,1H3,(H,26,28). The number of nitrogens with zero attached hydrogens (tertiary/aromatic N) is 1. The quantitative estimate of drug-likeness (QED) is 0.527. The minimum Gasteiger partial charge on any atom is -0.449 e. The molecule has 33 heavy (non-hydrogen) atoms. The Bertz CT molecular complexity index is 1310. The Morgan fingerprint density at radius 2 is 1.76 bits per heavy atom. The summed E-state index contributed by atoms with van der Waals surface area (Å²) in [6.07, 6.45) is -0.476. The fourth-order valence-electron chi connectivity index (χ4n) is 3.53. The van der Waals surface area contributed by atoms with Crippen molar-refractivity contribution in [2.75, 3.05) is 16.2 Å². The van der Waals surface area contributed by atoms with Crippen molar-refractivity contribution >= 4 is 44.9 Å². The number of nitrogens with one attached hydrogen (secondary N) is 1. The van der Waals surface area contributed by atoms with Crippen LogP contribution in [0.2, 0.25) is 5.02 Å². The van der Waals surface area contributed by atoms with Gasteiger partial charge in [-0.05, 0) is 67.4 Å². The maximum absolute atomic E-state index is 13.2. The second-order valence-electron chi connectivity index (χ2n) is 7.53. The highest BCUT2D eigenvalue weighted by atomic mass is 35.5. The normalized spacial score (nSPS) is 13.8. The number of halogens is 1. The molecular formula is C24H21ClN2O5S. The number of hydrogen-bond donors (Lipinski definition) is 1. The van der Waals surface area contributed by atoms with Crippen molar-refractivity contribution in [3.8, 4) is 0 Å². The Labute approximate surface area is 197 Å². The van der Waals surface area contributed by atoms with Gasteiger partial charge in [-0.15, -0.1) is 0 Å². The number of anilines is 2. The molecule has 1 heterocycles. The van der Waals surface area contributed by atoms with E-state index >= 15 is 0 Å². The van der Waals surface area contributed by atoms with Gasteiger partial charge < -0.3 is 10.1 Å². The molecule has 4 rings (SSSR count). The Hall–Kier alpha value is -3.36. The number of esters is 1. The predicted molar refractivity (Wildman–Crippen MR) is 126 cm³/mol. The molecule has 7 nitrogen and oxygen atoms in total. The largest absolute Gasteiger partial charge is 0.449 e. The zero-order valence-electron chi connectivity index (χ0n) is 17.7. The topological polar surface area (TPSA) is 92.8 Å². The average Bonchev–Trinajstić information content (AvgIpc) is 3.25. The van der Waals surface area contributed by atoms with Crippen LogP contribution in [0.5, 0.6) is 0 Å². The monoisotopic (exact) mass is 484 g/mol. The number of fused-ring (bicyclic) bond motifs is 1. The molecule has 1 aliphatic heterocycles. The van der Waals surface area contributed by atoms with Crippen LogP contribution in [-0.4, -0.2) is 32.9 Å². The number of hydrogen-bond acceptors (Lipinski definition) is 5. The summed E-state index contributed by atoms with van der Waals surface area (Å²) < 4.78 is 33.1. The van der Waals surface area contributed by atoms with Gasteiger partial charge in [0.15, 0.2) is 6.10 Å². The third kappa shape index (κ3) is 4.86. The SMILES string of the molecule is CC(OC(=O)c1cccc(S(=O)(=O)N2CCc3ccccc32)c1)C(=O)Nc1ccc(Cl)cc1. The van der Waals surface area contributed by atoms with Gasteiger partial charge in [0.25, 0.3) is 15.9 Å². The molecular weight excluding hydrogens is 464 g/mol. The highest BCUT2D eigenvalue weighted by Gasteiger charge is 2.31. The fraction of sp³-hybridized carbons (Fsp3) is 0.167. The van der Waals surface area contributed by atoms with Crippen molar-refractivity contribution in [3.05, 3.63) is 88.9 Å². The molecule has 1 aliphatic rings. The predicted octanol–water partition coefficient (Wildman–Crippen LogP) is 4.28. The first-order valence-corrected chi connectivity index (χ1v) is 12.1. The van der Waals surface area contributed by atoms with E-state index in [1.807, 2.05) is 12.1 Å². The van der Waals surface area contributed by atoms with Crippen molar-refractivity contribution in [3.63, 3.8) is 0 Å². The number of benzene rings is 3. The van der Waals surface area contributed by atoms with Gasteiger partial charge in [0.1, 0.15) is 0 Å². The molecule has 0 saturated carbocycles. The summed E-state index contributed by atoms with van der Waals surface area (Å²) in [6, 6.07) is 19.4. The van der Waals surface area contributed by atoms with Crippen LogP contribution in [-0.2, 0) is 26.0 Å². The third-order valence-corrected chi connectivity index (χ3v) is 7.33. The number of rotatable bonds is 6. The smallest absolute Gasteiger partial charge is 0.338 e. The maximum atomic E-state index is 13.2. The van der Waals surface area contributed by atoms with Crippen LogP contribution in [0.3, 0.4) is 0 Å². The summed E-state index contributed by atoms with van der Waals surface area (Å²) in [5.74, 6) is -1.32. The van der Waals surface area contributed by atoms with Gasteiger partial charge in [0.05, 0.1) is 16.1 Å². The first kappa shape index (κ1) is 22.8. The van der Waals surface area contributed by atoms with Crippen LogP contribution in [0.1, 0.15) is 22.8 Å². The molecule has 0 spiro atoms. The molecule has 3 aromatic rings. The summed E-state index contributed by atoms with van der Waals surface area (Å²) in [4.78, 5) is 25.0. The molecule has 0 fully saturated rings. The van der Waals surface area contributed by atoms with Crippen LogP contribution < -0.4 is 9.62 Å². The lowest BCUT2D eigenvalue weighted by Gasteiger charge is -2.20. The van der Waals surface area contributed by atoms with Gasteiger partial charge in [0.2, 0.25) is 0 Å². The number of para-hydroxylation sites is 1. The van der Waals surface area contributed by atoms with Crippen molar-refractivity contribution in [1.29, 1.82) is 0 Å². The average molecular weight is 485 g/mol. The zero-order valence-corrected chi connectivity index (χ0v) is 19.3. The van der Waals surface area contributed by atoms with E-state index in [4.69, 9.17) is 16.3 Å². The molecule has 1 atom stereocenters. The Morgan fingerprint density at radius 3 is 2.52 bits per heavy atom. The van der Waals surface area contributed by atoms with E-state index in [0.29, 0.717) is 29.4 Å². The number of ether oxygens (including phenoxy) is 1. The lowest BCUT2D eigenvalue weighted by atomic mass is 10.2. The lowest BCUT2D eigenvalue weighted by molar-refractivity contribution is -0.123. The molecule has 0 saturated heterocycles. The highest BCUT2D eigenvalue weighted by molar-refractivity contribution is 7.92. The molecule has 1 unspecified atom stereocenters. The van der Waals surface area contributed by atoms with E-state index in [1.54, 1.807) is 36.4 Å². The zero-order chi connectivity index (χ0) is 23.6. The first-order valence-electron chi connectivity index (χ1n) is 10.2. The van der Waals surface area contributed by atoms with Crippen LogP contribution in [0.25, 0.3) is 0 Å². The van der Waals surface area contributed by atoms with Crippen molar-refractivity contribution in [2.45, 2.75) is 24.3 Å². The maximum Gasteiger partial charge on any atom is 0.338 e. The Kier molecular flexibility index (Phi) is 6.40. The summed E-state index contributed by atoms with van der Waals surface area (Å²) in [7, 11) is -3.86. The molecule has 1 N–H and O–H groups in total. The first-order chi connectivity index (χ1) is 15.8.